The largest absolute Gasteiger partial charge is 0.478 e. The van der Waals surface area contributed by atoms with Crippen molar-refractivity contribution in [3.63, 3.8) is 0 Å². The number of benzene rings is 2. The second-order valence-electron chi connectivity index (χ2n) is 4.37. The van der Waals surface area contributed by atoms with Crippen molar-refractivity contribution in [2.24, 2.45) is 0 Å². The highest BCUT2D eigenvalue weighted by molar-refractivity contribution is 5.89. The molecule has 0 amide bonds. The predicted molar refractivity (Wildman–Crippen MR) is 71.8 cm³/mol. The number of aromatic carboxylic acids is 1. The Hall–Kier alpha value is -2.43. The monoisotopic (exact) mass is 277 g/mol. The number of aryl methyl sites for hydroxylation is 1. The number of rotatable bonds is 4. The first-order chi connectivity index (χ1) is 9.50. The van der Waals surface area contributed by atoms with Gasteiger partial charge < -0.3 is 10.4 Å². The van der Waals surface area contributed by atoms with Crippen molar-refractivity contribution in [3.05, 3.63) is 64.7 Å². The molecule has 2 aromatic rings. The number of hydrogen-bond donors (Lipinski definition) is 2. The maximum Gasteiger partial charge on any atom is 0.336 e. The summed E-state index contributed by atoms with van der Waals surface area (Å²) in [6.07, 6.45) is 0. The number of carboxylic acids is 1. The third-order valence-corrected chi connectivity index (χ3v) is 2.99. The first-order valence-electron chi connectivity index (χ1n) is 6.00. The Bertz CT molecular complexity index is 656. The van der Waals surface area contributed by atoms with Crippen LogP contribution in [-0.4, -0.2) is 11.1 Å². The van der Waals surface area contributed by atoms with Crippen molar-refractivity contribution >= 4 is 11.7 Å². The summed E-state index contributed by atoms with van der Waals surface area (Å²) in [5.74, 6) is -2.45. The molecule has 20 heavy (non-hydrogen) atoms. The van der Waals surface area contributed by atoms with Gasteiger partial charge >= 0.3 is 5.97 Å². The lowest BCUT2D eigenvalue weighted by Gasteiger charge is -2.11. The Morgan fingerprint density at radius 2 is 1.90 bits per heavy atom. The number of carbonyl (C=O) groups is 1. The molecule has 0 fully saturated rings. The van der Waals surface area contributed by atoms with Crippen LogP contribution in [0.3, 0.4) is 0 Å². The summed E-state index contributed by atoms with van der Waals surface area (Å²) in [7, 11) is 0. The lowest BCUT2D eigenvalue weighted by atomic mass is 10.1. The van der Waals surface area contributed by atoms with Crippen molar-refractivity contribution in [1.82, 2.24) is 0 Å². The van der Waals surface area contributed by atoms with Crippen molar-refractivity contribution in [2.75, 3.05) is 5.32 Å². The fraction of sp³-hybridized carbons (Fsp3) is 0.133. The van der Waals surface area contributed by atoms with Gasteiger partial charge in [-0.2, -0.15) is 0 Å². The topological polar surface area (TPSA) is 49.3 Å². The van der Waals surface area contributed by atoms with Crippen molar-refractivity contribution < 1.29 is 18.7 Å². The summed E-state index contributed by atoms with van der Waals surface area (Å²) in [5, 5.41) is 11.7. The van der Waals surface area contributed by atoms with Gasteiger partial charge in [-0.25, -0.2) is 13.6 Å². The molecule has 0 radical (unpaired) electrons. The smallest absolute Gasteiger partial charge is 0.336 e. The molecule has 5 heteroatoms. The Morgan fingerprint density at radius 3 is 2.60 bits per heavy atom. The van der Waals surface area contributed by atoms with Crippen molar-refractivity contribution in [3.8, 4) is 0 Å². The van der Waals surface area contributed by atoms with Crippen molar-refractivity contribution in [1.29, 1.82) is 0 Å². The normalized spacial score (nSPS) is 10.3. The number of halogens is 2. The van der Waals surface area contributed by atoms with Gasteiger partial charge in [-0.05, 0) is 30.2 Å². The molecule has 0 bridgehead atoms. The Labute approximate surface area is 114 Å². The zero-order chi connectivity index (χ0) is 14.7. The van der Waals surface area contributed by atoms with Crippen LogP contribution in [0.1, 0.15) is 21.5 Å². The standard InChI is InChI=1S/C15H13F2NO2/c1-9-6-7-12(16)14(13(9)17)18-8-10-4-2-3-5-11(10)15(19)20/h2-7,18H,8H2,1H3,(H,19,20). The highest BCUT2D eigenvalue weighted by atomic mass is 19.1. The average molecular weight is 277 g/mol. The highest BCUT2D eigenvalue weighted by Gasteiger charge is 2.13. The molecular weight excluding hydrogens is 264 g/mol. The SMILES string of the molecule is Cc1ccc(F)c(NCc2ccccc2C(=O)O)c1F. The van der Waals surface area contributed by atoms with E-state index in [1.165, 1.54) is 25.1 Å². The van der Waals surface area contributed by atoms with E-state index in [-0.39, 0.29) is 17.8 Å². The van der Waals surface area contributed by atoms with Gasteiger partial charge in [0.25, 0.3) is 0 Å². The number of carboxylic acid groups (broad SMARTS) is 1. The minimum atomic E-state index is -1.08. The van der Waals surface area contributed by atoms with Crippen LogP contribution < -0.4 is 5.32 Å². The molecule has 0 aliphatic carbocycles. The number of anilines is 1. The van der Waals surface area contributed by atoms with Gasteiger partial charge in [0.2, 0.25) is 0 Å². The van der Waals surface area contributed by atoms with E-state index in [0.717, 1.165) is 0 Å². The van der Waals surface area contributed by atoms with Crippen LogP contribution in [0.25, 0.3) is 0 Å². The molecule has 2 aromatic carbocycles. The Kier molecular flexibility index (Phi) is 3.98. The molecule has 0 saturated carbocycles. The first-order valence-corrected chi connectivity index (χ1v) is 6.00. The highest BCUT2D eigenvalue weighted by Crippen LogP contribution is 2.22. The second-order valence-corrected chi connectivity index (χ2v) is 4.37. The van der Waals surface area contributed by atoms with E-state index in [1.54, 1.807) is 18.2 Å². The van der Waals surface area contributed by atoms with E-state index in [9.17, 15) is 13.6 Å². The van der Waals surface area contributed by atoms with Crippen LogP contribution in [0.5, 0.6) is 0 Å². The molecule has 2 N–H and O–H groups in total. The van der Waals surface area contributed by atoms with E-state index in [4.69, 9.17) is 5.11 Å². The summed E-state index contributed by atoms with van der Waals surface area (Å²) < 4.78 is 27.4. The lowest BCUT2D eigenvalue weighted by Crippen LogP contribution is -2.09. The molecule has 0 heterocycles. The summed E-state index contributed by atoms with van der Waals surface area (Å²) in [5.41, 5.74) is 0.638. The molecule has 0 spiro atoms. The zero-order valence-corrected chi connectivity index (χ0v) is 10.8. The third kappa shape index (κ3) is 2.77. The quantitative estimate of drug-likeness (QED) is 0.898. The lowest BCUT2D eigenvalue weighted by molar-refractivity contribution is 0.0696. The molecular formula is C15H13F2NO2. The maximum absolute atomic E-state index is 13.8. The van der Waals surface area contributed by atoms with E-state index in [1.807, 2.05) is 0 Å². The molecule has 0 aliphatic rings. The van der Waals surface area contributed by atoms with Gasteiger partial charge in [-0.3, -0.25) is 0 Å². The van der Waals surface area contributed by atoms with E-state index in [0.29, 0.717) is 11.1 Å². The molecule has 0 saturated heterocycles. The van der Waals surface area contributed by atoms with E-state index >= 15 is 0 Å². The van der Waals surface area contributed by atoms with Crippen LogP contribution in [0.4, 0.5) is 14.5 Å². The van der Waals surface area contributed by atoms with E-state index in [2.05, 4.69) is 5.32 Å². The fourth-order valence-electron chi connectivity index (χ4n) is 1.89. The summed E-state index contributed by atoms with van der Waals surface area (Å²) in [6.45, 7) is 1.56. The molecule has 3 nitrogen and oxygen atoms in total. The number of nitrogens with one attached hydrogen (secondary N) is 1. The van der Waals surface area contributed by atoms with Crippen LogP contribution in [0, 0.1) is 18.6 Å². The van der Waals surface area contributed by atoms with Crippen LogP contribution in [0.15, 0.2) is 36.4 Å². The molecule has 2 rings (SSSR count). The summed E-state index contributed by atoms with van der Waals surface area (Å²) in [4.78, 5) is 11.0. The van der Waals surface area contributed by atoms with E-state index < -0.39 is 17.6 Å². The van der Waals surface area contributed by atoms with Gasteiger partial charge in [-0.1, -0.05) is 24.3 Å². The Morgan fingerprint density at radius 1 is 1.20 bits per heavy atom. The minimum absolute atomic E-state index is 0.0275. The second kappa shape index (κ2) is 5.69. The average Bonchev–Trinajstić information content (AvgIpc) is 2.43. The number of hydrogen-bond acceptors (Lipinski definition) is 2. The first kappa shape index (κ1) is 14.0. The summed E-state index contributed by atoms with van der Waals surface area (Å²) in [6, 6.07) is 8.84. The summed E-state index contributed by atoms with van der Waals surface area (Å²) >= 11 is 0. The third-order valence-electron chi connectivity index (χ3n) is 2.99. The van der Waals surface area contributed by atoms with Gasteiger partial charge in [-0.15, -0.1) is 0 Å². The molecule has 0 aliphatic heterocycles. The van der Waals surface area contributed by atoms with Crippen LogP contribution in [-0.2, 0) is 6.54 Å². The minimum Gasteiger partial charge on any atom is -0.478 e. The molecule has 104 valence electrons. The van der Waals surface area contributed by atoms with Gasteiger partial charge in [0.15, 0.2) is 5.82 Å². The molecule has 0 unspecified atom stereocenters. The van der Waals surface area contributed by atoms with Crippen LogP contribution >= 0.6 is 0 Å². The molecule has 0 atom stereocenters. The predicted octanol–water partition coefficient (Wildman–Crippen LogP) is 3.58. The Balaban J connectivity index is 2.26. The van der Waals surface area contributed by atoms with Gasteiger partial charge in [0, 0.05) is 6.54 Å². The van der Waals surface area contributed by atoms with Gasteiger partial charge in [0.05, 0.1) is 5.56 Å². The van der Waals surface area contributed by atoms with Crippen molar-refractivity contribution in [2.45, 2.75) is 13.5 Å². The fourth-order valence-corrected chi connectivity index (χ4v) is 1.89. The van der Waals surface area contributed by atoms with Crippen LogP contribution in [0.2, 0.25) is 0 Å². The van der Waals surface area contributed by atoms with Gasteiger partial charge in [0.1, 0.15) is 11.5 Å². The zero-order valence-electron chi connectivity index (χ0n) is 10.8. The maximum atomic E-state index is 13.8. The molecule has 0 aromatic heterocycles.